The van der Waals surface area contributed by atoms with Gasteiger partial charge >= 0.3 is 0 Å². The summed E-state index contributed by atoms with van der Waals surface area (Å²) in [4.78, 5) is 13.4. The van der Waals surface area contributed by atoms with Gasteiger partial charge in [-0.1, -0.05) is 32.1 Å². The van der Waals surface area contributed by atoms with Crippen LogP contribution in [-0.4, -0.2) is 20.2 Å². The minimum Gasteiger partial charge on any atom is -0.368 e. The van der Waals surface area contributed by atoms with Crippen LogP contribution in [0.5, 0.6) is 0 Å². The first-order valence-electron chi connectivity index (χ1n) is 7.93. The van der Waals surface area contributed by atoms with Gasteiger partial charge in [-0.25, -0.2) is 4.98 Å². The fourth-order valence-corrected chi connectivity index (χ4v) is 4.49. The largest absolute Gasteiger partial charge is 0.368 e. The minimum absolute atomic E-state index is 0.404. The van der Waals surface area contributed by atoms with Crippen LogP contribution in [0.25, 0.3) is 0 Å². The highest BCUT2D eigenvalue weighted by Gasteiger charge is 2.21. The summed E-state index contributed by atoms with van der Waals surface area (Å²) in [7, 11) is 0. The highest BCUT2D eigenvalue weighted by atomic mass is 32.2. The SMILES string of the molecule is Nc1nc(CSC2CCCCC2)nc(C2CCCC2)n1. The monoisotopic (exact) mass is 292 g/mol. The van der Waals surface area contributed by atoms with Gasteiger partial charge in [-0.15, -0.1) is 0 Å². The maximum absolute atomic E-state index is 5.86. The van der Waals surface area contributed by atoms with Gasteiger partial charge in [0.2, 0.25) is 5.95 Å². The zero-order chi connectivity index (χ0) is 13.8. The minimum atomic E-state index is 0.404. The van der Waals surface area contributed by atoms with Crippen LogP contribution >= 0.6 is 11.8 Å². The molecule has 0 saturated heterocycles. The number of rotatable bonds is 4. The second-order valence-corrected chi connectivity index (χ2v) is 7.31. The number of nitrogens with zero attached hydrogens (tertiary/aromatic N) is 3. The number of hydrogen-bond donors (Lipinski definition) is 1. The van der Waals surface area contributed by atoms with E-state index in [1.165, 1.54) is 57.8 Å². The average molecular weight is 292 g/mol. The lowest BCUT2D eigenvalue weighted by Gasteiger charge is -2.20. The van der Waals surface area contributed by atoms with Crippen LogP contribution in [0.3, 0.4) is 0 Å². The molecule has 0 aromatic carbocycles. The first-order valence-corrected chi connectivity index (χ1v) is 8.98. The van der Waals surface area contributed by atoms with Crippen molar-refractivity contribution in [2.45, 2.75) is 74.7 Å². The van der Waals surface area contributed by atoms with E-state index >= 15 is 0 Å². The van der Waals surface area contributed by atoms with Crippen molar-refractivity contribution in [1.29, 1.82) is 0 Å². The standard InChI is InChI=1S/C15H24N4S/c16-15-18-13(10-20-12-8-2-1-3-9-12)17-14(19-15)11-6-4-5-7-11/h11-12H,1-10H2,(H2,16,17,18,19). The Morgan fingerprint density at radius 2 is 1.60 bits per heavy atom. The molecule has 2 N–H and O–H groups in total. The highest BCUT2D eigenvalue weighted by Crippen LogP contribution is 2.33. The Morgan fingerprint density at radius 3 is 2.35 bits per heavy atom. The molecule has 0 atom stereocenters. The molecular formula is C15H24N4S. The molecule has 5 heteroatoms. The van der Waals surface area contributed by atoms with Gasteiger partial charge in [-0.2, -0.15) is 21.7 Å². The van der Waals surface area contributed by atoms with Crippen molar-refractivity contribution in [3.05, 3.63) is 11.6 Å². The molecular weight excluding hydrogens is 268 g/mol. The third-order valence-corrected chi connectivity index (χ3v) is 5.80. The van der Waals surface area contributed by atoms with Crippen LogP contribution in [-0.2, 0) is 5.75 Å². The summed E-state index contributed by atoms with van der Waals surface area (Å²) in [6.07, 6.45) is 11.9. The van der Waals surface area contributed by atoms with E-state index in [-0.39, 0.29) is 0 Å². The third kappa shape index (κ3) is 3.62. The molecule has 0 radical (unpaired) electrons. The van der Waals surface area contributed by atoms with E-state index in [9.17, 15) is 0 Å². The number of anilines is 1. The Morgan fingerprint density at radius 1 is 0.900 bits per heavy atom. The zero-order valence-electron chi connectivity index (χ0n) is 12.1. The third-order valence-electron chi connectivity index (χ3n) is 4.44. The summed E-state index contributed by atoms with van der Waals surface area (Å²) in [5.74, 6) is 3.63. The van der Waals surface area contributed by atoms with Crippen LogP contribution in [0.4, 0.5) is 5.95 Å². The lowest BCUT2D eigenvalue weighted by Crippen LogP contribution is -2.12. The zero-order valence-corrected chi connectivity index (χ0v) is 12.9. The number of aromatic nitrogens is 3. The molecule has 1 heterocycles. The predicted molar refractivity (Wildman–Crippen MR) is 83.6 cm³/mol. The molecule has 0 amide bonds. The van der Waals surface area contributed by atoms with Crippen LogP contribution in [0.1, 0.15) is 75.4 Å². The molecule has 3 rings (SSSR count). The van der Waals surface area contributed by atoms with E-state index in [1.807, 2.05) is 11.8 Å². The second kappa shape index (κ2) is 6.74. The summed E-state index contributed by atoms with van der Waals surface area (Å²) >= 11 is 2.00. The average Bonchev–Trinajstić information content (AvgIpc) is 3.00. The Bertz CT molecular complexity index is 439. The molecule has 0 bridgehead atoms. The first kappa shape index (κ1) is 14.1. The van der Waals surface area contributed by atoms with Gasteiger partial charge in [-0.05, 0) is 25.7 Å². The van der Waals surface area contributed by atoms with Crippen molar-refractivity contribution in [2.75, 3.05) is 5.73 Å². The summed E-state index contributed by atoms with van der Waals surface area (Å²) in [5.41, 5.74) is 5.86. The van der Waals surface area contributed by atoms with E-state index in [0.29, 0.717) is 11.9 Å². The van der Waals surface area contributed by atoms with Gasteiger partial charge in [0, 0.05) is 11.2 Å². The van der Waals surface area contributed by atoms with E-state index in [0.717, 1.165) is 22.7 Å². The van der Waals surface area contributed by atoms with Crippen LogP contribution in [0.2, 0.25) is 0 Å². The maximum Gasteiger partial charge on any atom is 0.223 e. The molecule has 1 aromatic heterocycles. The van der Waals surface area contributed by atoms with Gasteiger partial charge in [0.15, 0.2) is 0 Å². The summed E-state index contributed by atoms with van der Waals surface area (Å²) in [6, 6.07) is 0. The van der Waals surface area contributed by atoms with Gasteiger partial charge in [0.1, 0.15) is 11.6 Å². The fraction of sp³-hybridized carbons (Fsp3) is 0.800. The normalized spacial score (nSPS) is 21.4. The first-order chi connectivity index (χ1) is 9.81. The number of nitrogens with two attached hydrogens (primary N) is 1. The Labute approximate surface area is 125 Å². The van der Waals surface area contributed by atoms with Gasteiger partial charge in [0.25, 0.3) is 0 Å². The van der Waals surface area contributed by atoms with Crippen molar-refractivity contribution in [3.63, 3.8) is 0 Å². The van der Waals surface area contributed by atoms with Crippen LogP contribution < -0.4 is 5.73 Å². The quantitative estimate of drug-likeness (QED) is 0.917. The molecule has 110 valence electrons. The van der Waals surface area contributed by atoms with Gasteiger partial charge in [-0.3, -0.25) is 0 Å². The van der Waals surface area contributed by atoms with Crippen LogP contribution in [0, 0.1) is 0 Å². The molecule has 2 saturated carbocycles. The molecule has 0 aliphatic heterocycles. The lowest BCUT2D eigenvalue weighted by atomic mass is 10.0. The van der Waals surface area contributed by atoms with Crippen molar-refractivity contribution in [2.24, 2.45) is 0 Å². The molecule has 2 aliphatic rings. The summed E-state index contributed by atoms with van der Waals surface area (Å²) in [5, 5.41) is 0.789. The summed E-state index contributed by atoms with van der Waals surface area (Å²) < 4.78 is 0. The Kier molecular flexibility index (Phi) is 4.76. The Hall–Kier alpha value is -0.840. The number of nitrogen functional groups attached to an aromatic ring is 1. The number of hydrogen-bond acceptors (Lipinski definition) is 5. The van der Waals surface area contributed by atoms with E-state index in [2.05, 4.69) is 15.0 Å². The van der Waals surface area contributed by atoms with Crippen molar-refractivity contribution < 1.29 is 0 Å². The highest BCUT2D eigenvalue weighted by molar-refractivity contribution is 7.99. The van der Waals surface area contributed by atoms with Crippen molar-refractivity contribution in [3.8, 4) is 0 Å². The molecule has 0 unspecified atom stereocenters. The Balaban J connectivity index is 1.63. The smallest absolute Gasteiger partial charge is 0.223 e. The van der Waals surface area contributed by atoms with Gasteiger partial charge in [0.05, 0.1) is 5.75 Å². The van der Waals surface area contributed by atoms with E-state index < -0.39 is 0 Å². The van der Waals surface area contributed by atoms with Crippen molar-refractivity contribution in [1.82, 2.24) is 15.0 Å². The summed E-state index contributed by atoms with van der Waals surface area (Å²) in [6.45, 7) is 0. The number of thioether (sulfide) groups is 1. The molecule has 20 heavy (non-hydrogen) atoms. The van der Waals surface area contributed by atoms with Crippen molar-refractivity contribution >= 4 is 17.7 Å². The maximum atomic E-state index is 5.86. The lowest BCUT2D eigenvalue weighted by molar-refractivity contribution is 0.516. The molecule has 0 spiro atoms. The van der Waals surface area contributed by atoms with Gasteiger partial charge < -0.3 is 5.73 Å². The molecule has 2 aliphatic carbocycles. The molecule has 4 nitrogen and oxygen atoms in total. The molecule has 2 fully saturated rings. The van der Waals surface area contributed by atoms with Crippen LogP contribution in [0.15, 0.2) is 0 Å². The predicted octanol–water partition coefficient (Wildman–Crippen LogP) is 3.68. The topological polar surface area (TPSA) is 64.7 Å². The molecule has 1 aromatic rings. The van der Waals surface area contributed by atoms with E-state index in [1.54, 1.807) is 0 Å². The second-order valence-electron chi connectivity index (χ2n) is 6.02. The van der Waals surface area contributed by atoms with E-state index in [4.69, 9.17) is 5.73 Å². The fourth-order valence-electron chi connectivity index (χ4n) is 3.31.